The summed E-state index contributed by atoms with van der Waals surface area (Å²) in [7, 11) is -4.36. The zero-order chi connectivity index (χ0) is 23.0. The van der Waals surface area contributed by atoms with Gasteiger partial charge >= 0.3 is 200 Å². The molecule has 5 rings (SSSR count). The first kappa shape index (κ1) is 21.7. The van der Waals surface area contributed by atoms with Crippen LogP contribution in [0.25, 0.3) is 0 Å². The first-order valence-electron chi connectivity index (χ1n) is 10.0. The standard InChI is InChI=1S/C26H17IO5S/c28-25-20-14-7-8-15-21(20)26(29)24-22(25)16-9-17-23(24)33(30,31)32-27(18-10-3-1-4-11-18)19-12-5-2-6-13-19/h1-17H. The molecule has 0 atom stereocenters. The molecule has 7 heteroatoms. The molecule has 4 aromatic rings. The number of carbonyl (C=O) groups is 2. The number of halogens is 1. The monoisotopic (exact) mass is 568 g/mol. The Morgan fingerprint density at radius 2 is 1.03 bits per heavy atom. The molecule has 0 fully saturated rings. The molecular weight excluding hydrogens is 551 g/mol. The van der Waals surface area contributed by atoms with Crippen molar-refractivity contribution in [2.45, 2.75) is 4.90 Å². The summed E-state index contributed by atoms with van der Waals surface area (Å²) < 4.78 is 34.7. The van der Waals surface area contributed by atoms with Gasteiger partial charge in [-0.05, 0) is 0 Å². The molecule has 1 aliphatic carbocycles. The third kappa shape index (κ3) is 3.92. The topological polar surface area (TPSA) is 77.5 Å². The Labute approximate surface area is 199 Å². The van der Waals surface area contributed by atoms with E-state index in [4.69, 9.17) is 2.51 Å². The molecule has 164 valence electrons. The van der Waals surface area contributed by atoms with E-state index in [2.05, 4.69) is 0 Å². The minimum absolute atomic E-state index is 0.0724. The summed E-state index contributed by atoms with van der Waals surface area (Å²) in [6, 6.07) is 29.2. The molecule has 0 aromatic heterocycles. The predicted octanol–water partition coefficient (Wildman–Crippen LogP) is 5.33. The van der Waals surface area contributed by atoms with E-state index in [1.54, 1.807) is 18.2 Å². The molecule has 0 saturated heterocycles. The zero-order valence-electron chi connectivity index (χ0n) is 17.1. The Morgan fingerprint density at radius 1 is 0.545 bits per heavy atom. The summed E-state index contributed by atoms with van der Waals surface area (Å²) in [6.07, 6.45) is 0. The van der Waals surface area contributed by atoms with Crippen molar-refractivity contribution in [2.24, 2.45) is 0 Å². The van der Waals surface area contributed by atoms with Crippen LogP contribution in [-0.4, -0.2) is 20.0 Å². The Balaban J connectivity index is 1.63. The fourth-order valence-electron chi connectivity index (χ4n) is 3.70. The van der Waals surface area contributed by atoms with Gasteiger partial charge < -0.3 is 0 Å². The third-order valence-electron chi connectivity index (χ3n) is 5.19. The summed E-state index contributed by atoms with van der Waals surface area (Å²) >= 11 is -2.90. The van der Waals surface area contributed by atoms with Crippen LogP contribution in [0.15, 0.2) is 108 Å². The average Bonchev–Trinajstić information content (AvgIpc) is 2.86. The number of carbonyl (C=O) groups excluding carboxylic acids is 2. The number of rotatable bonds is 5. The number of fused-ring (bicyclic) bond motifs is 2. The van der Waals surface area contributed by atoms with Gasteiger partial charge in [0, 0.05) is 0 Å². The summed E-state index contributed by atoms with van der Waals surface area (Å²) in [6.45, 7) is 0. The summed E-state index contributed by atoms with van der Waals surface area (Å²) in [5.74, 6) is -0.874. The van der Waals surface area contributed by atoms with E-state index in [-0.39, 0.29) is 32.9 Å². The molecule has 0 aliphatic heterocycles. The SMILES string of the molecule is O=C1c2ccccc2C(=O)c2c1cccc2S(=O)(=O)OI(c1ccccc1)c1ccccc1. The van der Waals surface area contributed by atoms with Crippen LogP contribution < -0.4 is 0 Å². The first-order chi connectivity index (χ1) is 16.0. The van der Waals surface area contributed by atoms with Crippen LogP contribution in [0.3, 0.4) is 0 Å². The van der Waals surface area contributed by atoms with Crippen molar-refractivity contribution in [3.05, 3.63) is 133 Å². The molecule has 0 spiro atoms. The Morgan fingerprint density at radius 3 is 1.61 bits per heavy atom. The summed E-state index contributed by atoms with van der Waals surface area (Å²) in [5, 5.41) is 0. The number of benzene rings is 4. The van der Waals surface area contributed by atoms with Crippen LogP contribution in [0.5, 0.6) is 0 Å². The second kappa shape index (κ2) is 8.66. The van der Waals surface area contributed by atoms with E-state index >= 15 is 0 Å². The molecule has 1 aliphatic rings. The van der Waals surface area contributed by atoms with Crippen LogP contribution >= 0.6 is 20.2 Å². The maximum absolute atomic E-state index is 13.6. The van der Waals surface area contributed by atoms with Gasteiger partial charge in [-0.3, -0.25) is 0 Å². The number of hydrogen-bond acceptors (Lipinski definition) is 5. The van der Waals surface area contributed by atoms with Gasteiger partial charge in [0.1, 0.15) is 0 Å². The zero-order valence-corrected chi connectivity index (χ0v) is 20.1. The normalized spacial score (nSPS) is 13.3. The van der Waals surface area contributed by atoms with Gasteiger partial charge in [0.05, 0.1) is 0 Å². The molecule has 0 amide bonds. The number of hydrogen-bond donors (Lipinski definition) is 0. The molecule has 0 heterocycles. The Bertz CT molecular complexity index is 1440. The fourth-order valence-corrected chi connectivity index (χ4v) is 10.9. The summed E-state index contributed by atoms with van der Waals surface area (Å²) in [4.78, 5) is 26.0. The van der Waals surface area contributed by atoms with Crippen LogP contribution in [0.4, 0.5) is 0 Å². The van der Waals surface area contributed by atoms with Gasteiger partial charge in [-0.25, -0.2) is 0 Å². The Kier molecular flexibility index (Phi) is 5.69. The van der Waals surface area contributed by atoms with Gasteiger partial charge in [0.2, 0.25) is 0 Å². The van der Waals surface area contributed by atoms with Crippen LogP contribution in [0.1, 0.15) is 31.8 Å². The second-order valence-corrected chi connectivity index (χ2v) is 13.7. The van der Waals surface area contributed by atoms with E-state index in [0.717, 1.165) is 7.14 Å². The quantitative estimate of drug-likeness (QED) is 0.268. The van der Waals surface area contributed by atoms with Gasteiger partial charge in [-0.15, -0.1) is 0 Å². The van der Waals surface area contributed by atoms with Crippen LogP contribution in [-0.2, 0) is 12.6 Å². The van der Waals surface area contributed by atoms with Crippen molar-refractivity contribution in [1.29, 1.82) is 0 Å². The number of ketones is 2. The molecule has 4 aromatic carbocycles. The fraction of sp³-hybridized carbons (Fsp3) is 0. The molecule has 5 nitrogen and oxygen atoms in total. The molecule has 0 saturated carbocycles. The molecule has 0 radical (unpaired) electrons. The molecule has 0 N–H and O–H groups in total. The van der Waals surface area contributed by atoms with E-state index in [0.29, 0.717) is 0 Å². The average molecular weight is 568 g/mol. The van der Waals surface area contributed by atoms with Crippen LogP contribution in [0, 0.1) is 7.14 Å². The van der Waals surface area contributed by atoms with Crippen molar-refractivity contribution < 1.29 is 20.5 Å². The van der Waals surface area contributed by atoms with Gasteiger partial charge in [-0.1, -0.05) is 0 Å². The second-order valence-electron chi connectivity index (χ2n) is 7.24. The van der Waals surface area contributed by atoms with E-state index in [1.807, 2.05) is 60.7 Å². The van der Waals surface area contributed by atoms with Crippen molar-refractivity contribution in [2.75, 3.05) is 0 Å². The first-order valence-corrected chi connectivity index (χ1v) is 14.5. The maximum atomic E-state index is 13.6. The molecular formula is C26H17IO5S. The van der Waals surface area contributed by atoms with Crippen molar-refractivity contribution in [1.82, 2.24) is 0 Å². The third-order valence-corrected chi connectivity index (χ3v) is 12.6. The van der Waals surface area contributed by atoms with Gasteiger partial charge in [-0.2, -0.15) is 0 Å². The van der Waals surface area contributed by atoms with Crippen LogP contribution in [0.2, 0.25) is 0 Å². The van der Waals surface area contributed by atoms with Gasteiger partial charge in [0.15, 0.2) is 0 Å². The summed E-state index contributed by atoms with van der Waals surface area (Å²) in [5.41, 5.74) is 0.410. The van der Waals surface area contributed by atoms with Crippen molar-refractivity contribution in [3.63, 3.8) is 0 Å². The Hall–Kier alpha value is -3.14. The van der Waals surface area contributed by atoms with Crippen molar-refractivity contribution >= 4 is 41.9 Å². The van der Waals surface area contributed by atoms with Crippen molar-refractivity contribution in [3.8, 4) is 0 Å². The molecule has 0 unspecified atom stereocenters. The van der Waals surface area contributed by atoms with E-state index < -0.39 is 36.1 Å². The van der Waals surface area contributed by atoms with Gasteiger partial charge in [0.25, 0.3) is 0 Å². The molecule has 33 heavy (non-hydrogen) atoms. The molecule has 0 bridgehead atoms. The predicted molar refractivity (Wildman–Crippen MR) is 132 cm³/mol. The minimum atomic E-state index is -4.36. The van der Waals surface area contributed by atoms with E-state index in [9.17, 15) is 18.0 Å². The van der Waals surface area contributed by atoms with E-state index in [1.165, 1.54) is 24.3 Å².